The Labute approximate surface area is 178 Å². The number of aliphatic hydroxyl groups is 1. The van der Waals surface area contributed by atoms with Gasteiger partial charge in [-0.05, 0) is 12.8 Å². The minimum Gasteiger partial charge on any atom is -0.483 e. The topological polar surface area (TPSA) is 116 Å². The number of hydrogen-bond donors (Lipinski definition) is 2. The number of anilines is 1. The van der Waals surface area contributed by atoms with Gasteiger partial charge in [0.15, 0.2) is 16.0 Å². The first-order chi connectivity index (χ1) is 14.5. The van der Waals surface area contributed by atoms with Crippen LogP contribution in [0, 0.1) is 5.82 Å². The van der Waals surface area contributed by atoms with Crippen LogP contribution in [-0.2, 0) is 4.74 Å². The smallest absolute Gasteiger partial charge is 0.412 e. The highest BCUT2D eigenvalue weighted by Crippen LogP contribution is 2.34. The second-order valence-corrected chi connectivity index (χ2v) is 7.96. The standard InChI is InChI=1S/C18H16ClFN4O5S/c19-16-24-11-5-10(20)14(6-15(11)30-16)28-12-1-2-13(12)29-18(26)23-9-7-21-17(22-8-9)27-4-3-25/h5-8,12-13,25H,1-4H2,(H,23,26). The van der Waals surface area contributed by atoms with Crippen molar-refractivity contribution in [1.82, 2.24) is 15.0 Å². The highest BCUT2D eigenvalue weighted by Gasteiger charge is 2.37. The fraction of sp³-hybridized carbons (Fsp3) is 0.333. The maximum absolute atomic E-state index is 14.3. The molecule has 12 heteroatoms. The number of thiazole rings is 1. The molecule has 4 rings (SSSR count). The van der Waals surface area contributed by atoms with E-state index >= 15 is 0 Å². The lowest BCUT2D eigenvalue weighted by molar-refractivity contribution is -0.0431. The van der Waals surface area contributed by atoms with Crippen molar-refractivity contribution in [1.29, 1.82) is 0 Å². The Morgan fingerprint density at radius 1 is 1.30 bits per heavy atom. The van der Waals surface area contributed by atoms with Gasteiger partial charge in [0.2, 0.25) is 0 Å². The Kier molecular flexibility index (Phi) is 6.11. The Bertz CT molecular complexity index is 1050. The third kappa shape index (κ3) is 4.69. The summed E-state index contributed by atoms with van der Waals surface area (Å²) in [6.07, 6.45) is 2.24. The van der Waals surface area contributed by atoms with Crippen molar-refractivity contribution in [3.05, 3.63) is 34.8 Å². The van der Waals surface area contributed by atoms with Gasteiger partial charge < -0.3 is 19.3 Å². The highest BCUT2D eigenvalue weighted by molar-refractivity contribution is 7.22. The van der Waals surface area contributed by atoms with Gasteiger partial charge in [-0.3, -0.25) is 5.32 Å². The Hall–Kier alpha value is -2.76. The molecule has 9 nitrogen and oxygen atoms in total. The molecule has 1 amide bonds. The van der Waals surface area contributed by atoms with E-state index in [0.29, 0.717) is 33.2 Å². The van der Waals surface area contributed by atoms with Crippen LogP contribution in [0.5, 0.6) is 11.8 Å². The van der Waals surface area contributed by atoms with Gasteiger partial charge in [0, 0.05) is 12.1 Å². The molecule has 1 aliphatic rings. The summed E-state index contributed by atoms with van der Waals surface area (Å²) >= 11 is 7.09. The number of hydrogen-bond acceptors (Lipinski definition) is 9. The van der Waals surface area contributed by atoms with E-state index in [1.54, 1.807) is 6.07 Å². The molecule has 1 fully saturated rings. The first kappa shape index (κ1) is 20.5. The second kappa shape index (κ2) is 8.94. The average molecular weight is 455 g/mol. The number of amides is 1. The van der Waals surface area contributed by atoms with E-state index in [-0.39, 0.29) is 25.0 Å². The molecule has 158 valence electrons. The molecule has 2 heterocycles. The van der Waals surface area contributed by atoms with Crippen molar-refractivity contribution in [2.75, 3.05) is 18.5 Å². The maximum Gasteiger partial charge on any atom is 0.412 e. The molecule has 0 saturated heterocycles. The third-order valence-electron chi connectivity index (χ3n) is 4.30. The summed E-state index contributed by atoms with van der Waals surface area (Å²) in [6.45, 7) is -0.0858. The summed E-state index contributed by atoms with van der Waals surface area (Å²) in [7, 11) is 0. The van der Waals surface area contributed by atoms with E-state index in [0.717, 1.165) is 0 Å². The number of rotatable bonds is 7. The Morgan fingerprint density at radius 3 is 2.77 bits per heavy atom. The number of carbonyl (C=O) groups is 1. The summed E-state index contributed by atoms with van der Waals surface area (Å²) in [5.74, 6) is -0.492. The minimum atomic E-state index is -0.703. The van der Waals surface area contributed by atoms with Crippen LogP contribution in [0.15, 0.2) is 24.5 Å². The number of aromatic nitrogens is 3. The molecule has 2 N–H and O–H groups in total. The van der Waals surface area contributed by atoms with Crippen LogP contribution in [0.25, 0.3) is 10.2 Å². The van der Waals surface area contributed by atoms with Crippen LogP contribution >= 0.6 is 22.9 Å². The van der Waals surface area contributed by atoms with Crippen LogP contribution in [-0.4, -0.2) is 51.6 Å². The van der Waals surface area contributed by atoms with E-state index in [9.17, 15) is 9.18 Å². The van der Waals surface area contributed by atoms with E-state index in [1.807, 2.05) is 0 Å². The van der Waals surface area contributed by atoms with Crippen LogP contribution in [0.2, 0.25) is 4.47 Å². The van der Waals surface area contributed by atoms with E-state index in [2.05, 4.69) is 20.3 Å². The lowest BCUT2D eigenvalue weighted by Gasteiger charge is -2.35. The van der Waals surface area contributed by atoms with Gasteiger partial charge in [-0.2, -0.15) is 0 Å². The zero-order chi connectivity index (χ0) is 21.1. The molecule has 30 heavy (non-hydrogen) atoms. The van der Waals surface area contributed by atoms with Gasteiger partial charge in [-0.25, -0.2) is 24.1 Å². The van der Waals surface area contributed by atoms with Crippen molar-refractivity contribution in [3.8, 4) is 11.8 Å². The fourth-order valence-electron chi connectivity index (χ4n) is 2.74. The molecule has 2 aromatic heterocycles. The first-order valence-electron chi connectivity index (χ1n) is 8.97. The molecule has 2 atom stereocenters. The number of benzene rings is 1. The van der Waals surface area contributed by atoms with Gasteiger partial charge in [-0.15, -0.1) is 11.3 Å². The van der Waals surface area contributed by atoms with Gasteiger partial charge in [0.05, 0.1) is 34.9 Å². The number of fused-ring (bicyclic) bond motifs is 1. The van der Waals surface area contributed by atoms with Crippen molar-refractivity contribution in [3.63, 3.8) is 0 Å². The number of ether oxygens (including phenoxy) is 3. The Balaban J connectivity index is 1.32. The van der Waals surface area contributed by atoms with Crippen LogP contribution in [0.4, 0.5) is 14.9 Å². The monoisotopic (exact) mass is 454 g/mol. The summed E-state index contributed by atoms with van der Waals surface area (Å²) in [6, 6.07) is 2.89. The molecular formula is C18H16ClFN4O5S. The Morgan fingerprint density at radius 2 is 2.07 bits per heavy atom. The number of nitrogens with zero attached hydrogens (tertiary/aromatic N) is 3. The normalized spacial score (nSPS) is 18.0. The van der Waals surface area contributed by atoms with Crippen LogP contribution in [0.3, 0.4) is 0 Å². The lowest BCUT2D eigenvalue weighted by Crippen LogP contribution is -2.45. The molecule has 1 aliphatic carbocycles. The predicted molar refractivity (Wildman–Crippen MR) is 107 cm³/mol. The van der Waals surface area contributed by atoms with Crippen molar-refractivity contribution in [2.45, 2.75) is 25.0 Å². The SMILES string of the molecule is O=C(Nc1cnc(OCCO)nc1)OC1CCC1Oc1cc2sc(Cl)nc2cc1F. The first-order valence-corrected chi connectivity index (χ1v) is 10.2. The van der Waals surface area contributed by atoms with E-state index in [1.165, 1.54) is 29.8 Å². The van der Waals surface area contributed by atoms with Crippen LogP contribution in [0.1, 0.15) is 12.8 Å². The number of aliphatic hydroxyl groups excluding tert-OH is 1. The molecule has 0 spiro atoms. The predicted octanol–water partition coefficient (Wildman–Crippen LogP) is 3.41. The summed E-state index contributed by atoms with van der Waals surface area (Å²) in [4.78, 5) is 23.9. The van der Waals surface area contributed by atoms with Gasteiger partial charge in [0.25, 0.3) is 0 Å². The molecule has 1 saturated carbocycles. The zero-order valence-electron chi connectivity index (χ0n) is 15.4. The fourth-order valence-corrected chi connectivity index (χ4v) is 3.78. The van der Waals surface area contributed by atoms with Crippen LogP contribution < -0.4 is 14.8 Å². The van der Waals surface area contributed by atoms with Gasteiger partial charge >= 0.3 is 12.1 Å². The van der Waals surface area contributed by atoms with Gasteiger partial charge in [-0.1, -0.05) is 11.6 Å². The summed E-state index contributed by atoms with van der Waals surface area (Å²) < 4.78 is 31.4. The molecular weight excluding hydrogens is 439 g/mol. The number of halogens is 2. The number of carbonyl (C=O) groups excluding carboxylic acids is 1. The van der Waals surface area contributed by atoms with Gasteiger partial charge in [0.1, 0.15) is 18.8 Å². The quantitative estimate of drug-likeness (QED) is 0.558. The minimum absolute atomic E-state index is 0.0633. The molecule has 1 aromatic carbocycles. The molecule has 0 radical (unpaired) electrons. The number of nitrogens with one attached hydrogen (secondary N) is 1. The maximum atomic E-state index is 14.3. The van der Waals surface area contributed by atoms with Crippen molar-refractivity contribution in [2.24, 2.45) is 0 Å². The summed E-state index contributed by atoms with van der Waals surface area (Å²) in [5.41, 5.74) is 0.775. The second-order valence-electron chi connectivity index (χ2n) is 6.35. The van der Waals surface area contributed by atoms with Crippen molar-refractivity contribution < 1.29 is 28.5 Å². The lowest BCUT2D eigenvalue weighted by atomic mass is 9.92. The van der Waals surface area contributed by atoms with Crippen molar-refractivity contribution >= 4 is 44.9 Å². The van der Waals surface area contributed by atoms with E-state index in [4.69, 9.17) is 30.9 Å². The summed E-state index contributed by atoms with van der Waals surface area (Å²) in [5, 5.41) is 11.2. The molecule has 0 aliphatic heterocycles. The molecule has 0 bridgehead atoms. The highest BCUT2D eigenvalue weighted by atomic mass is 35.5. The molecule has 3 aromatic rings. The largest absolute Gasteiger partial charge is 0.483 e. The molecule has 2 unspecified atom stereocenters. The van der Waals surface area contributed by atoms with E-state index < -0.39 is 24.1 Å². The zero-order valence-corrected chi connectivity index (χ0v) is 17.0. The average Bonchev–Trinajstić information content (AvgIpc) is 3.07. The third-order valence-corrected chi connectivity index (χ3v) is 5.42.